The highest BCUT2D eigenvalue weighted by atomic mass is 32.2. The van der Waals surface area contributed by atoms with E-state index in [-0.39, 0.29) is 31.7 Å². The van der Waals surface area contributed by atoms with Gasteiger partial charge in [0.1, 0.15) is 29.5 Å². The van der Waals surface area contributed by atoms with Crippen LogP contribution in [0, 0.1) is 5.92 Å². The number of alkyl carbamates (subject to hydrolysis) is 1. The second-order valence-corrected chi connectivity index (χ2v) is 18.5. The number of sulfonamides is 1. The molecule has 1 aromatic carbocycles. The number of hydrogen-bond donors (Lipinski definition) is 3. The van der Waals surface area contributed by atoms with Crippen LogP contribution in [0.3, 0.4) is 0 Å². The Kier molecular flexibility index (Phi) is 11.7. The molecule has 2 aromatic rings. The SMILES string of the molecule is CC[C@@H]1O[C@H](C)CC/C=C\C2C[C@@]2(C(=O)NS(=O)(=O)C2(C)CC2)NC(=O)[C@@H]2C[C@@H](Oc3nccc4cc(OC)ccc34)CN2C(=O)[C@H]1NC(=O)OC(C)(C)C(F)(F)F. The lowest BCUT2D eigenvalue weighted by Gasteiger charge is -2.35. The van der Waals surface area contributed by atoms with Gasteiger partial charge in [0, 0.05) is 23.9 Å². The number of aromatic nitrogens is 1. The first-order valence-corrected chi connectivity index (χ1v) is 20.8. The van der Waals surface area contributed by atoms with Gasteiger partial charge in [-0.25, -0.2) is 18.2 Å². The van der Waals surface area contributed by atoms with Crippen LogP contribution in [0.4, 0.5) is 18.0 Å². The fourth-order valence-corrected chi connectivity index (χ4v) is 8.57. The number of ether oxygens (including phenoxy) is 4. The Morgan fingerprint density at radius 3 is 2.53 bits per heavy atom. The normalized spacial score (nSPS) is 29.4. The maximum absolute atomic E-state index is 14.8. The number of benzene rings is 1. The van der Waals surface area contributed by atoms with E-state index in [4.69, 9.17) is 18.9 Å². The molecule has 1 unspecified atom stereocenters. The minimum atomic E-state index is -4.94. The zero-order chi connectivity index (χ0) is 42.4. The molecule has 58 heavy (non-hydrogen) atoms. The van der Waals surface area contributed by atoms with Crippen molar-refractivity contribution in [1.82, 2.24) is 25.2 Å². The zero-order valence-corrected chi connectivity index (χ0v) is 34.0. The van der Waals surface area contributed by atoms with Gasteiger partial charge in [-0.3, -0.25) is 19.1 Å². The third-order valence-electron chi connectivity index (χ3n) is 11.5. The molecule has 15 nitrogen and oxygen atoms in total. The summed E-state index contributed by atoms with van der Waals surface area (Å²) in [6.45, 7) is 6.02. The van der Waals surface area contributed by atoms with Crippen LogP contribution in [-0.4, -0.2) is 108 Å². The predicted molar refractivity (Wildman–Crippen MR) is 203 cm³/mol. The highest BCUT2D eigenvalue weighted by Crippen LogP contribution is 2.47. The first kappa shape index (κ1) is 42.9. The van der Waals surface area contributed by atoms with Crippen LogP contribution in [-0.2, 0) is 33.9 Å². The van der Waals surface area contributed by atoms with Crippen molar-refractivity contribution in [3.8, 4) is 11.6 Å². The Balaban J connectivity index is 1.37. The molecule has 19 heteroatoms. The van der Waals surface area contributed by atoms with Crippen LogP contribution < -0.4 is 24.8 Å². The number of pyridine rings is 1. The Labute approximate surface area is 334 Å². The average molecular weight is 838 g/mol. The summed E-state index contributed by atoms with van der Waals surface area (Å²) in [5.41, 5.74) is -4.60. The molecule has 6 rings (SSSR count). The summed E-state index contributed by atoms with van der Waals surface area (Å²) in [5, 5.41) is 6.40. The minimum absolute atomic E-state index is 0.0757. The Morgan fingerprint density at radius 1 is 1.16 bits per heavy atom. The Morgan fingerprint density at radius 2 is 1.88 bits per heavy atom. The zero-order valence-electron chi connectivity index (χ0n) is 33.2. The van der Waals surface area contributed by atoms with Crippen LogP contribution >= 0.6 is 0 Å². The number of nitrogens with one attached hydrogen (secondary N) is 3. The van der Waals surface area contributed by atoms with Gasteiger partial charge in [0.2, 0.25) is 33.3 Å². The summed E-state index contributed by atoms with van der Waals surface area (Å²) in [6.07, 6.45) is -2.35. The number of rotatable bonds is 9. The smallest absolute Gasteiger partial charge is 0.427 e. The molecule has 4 amide bonds. The van der Waals surface area contributed by atoms with Crippen LogP contribution in [0.25, 0.3) is 10.8 Å². The van der Waals surface area contributed by atoms with Crippen LogP contribution in [0.2, 0.25) is 0 Å². The number of halogens is 3. The van der Waals surface area contributed by atoms with Gasteiger partial charge in [-0.05, 0) is 95.9 Å². The highest BCUT2D eigenvalue weighted by molar-refractivity contribution is 7.91. The molecule has 318 valence electrons. The predicted octanol–water partition coefficient (Wildman–Crippen LogP) is 4.43. The molecular weight excluding hydrogens is 788 g/mol. The molecular formula is C39H50F3N5O10S. The van der Waals surface area contributed by atoms with E-state index in [1.165, 1.54) is 20.2 Å². The number of methoxy groups -OCH3 is 1. The average Bonchev–Trinajstić information content (AvgIpc) is 4.03. The third kappa shape index (κ3) is 8.70. The number of fused-ring (bicyclic) bond motifs is 3. The Bertz CT molecular complexity index is 2080. The topological polar surface area (TPSA) is 192 Å². The Hall–Kier alpha value is -4.65. The van der Waals surface area contributed by atoms with Gasteiger partial charge < -0.3 is 34.5 Å². The van der Waals surface area contributed by atoms with Crippen LogP contribution in [0.5, 0.6) is 11.6 Å². The summed E-state index contributed by atoms with van der Waals surface area (Å²) < 4.78 is 91.4. The van der Waals surface area contributed by atoms with Crippen molar-refractivity contribution in [3.05, 3.63) is 42.6 Å². The van der Waals surface area contributed by atoms with Crippen molar-refractivity contribution in [3.63, 3.8) is 0 Å². The van der Waals surface area contributed by atoms with Crippen molar-refractivity contribution in [1.29, 1.82) is 0 Å². The molecule has 2 saturated carbocycles. The first-order chi connectivity index (χ1) is 27.1. The summed E-state index contributed by atoms with van der Waals surface area (Å²) in [6, 6.07) is 3.96. The standard InChI is InChI=1S/C39H50F3N5O10S/c1-7-29-30(44-35(51)57-36(3,4)39(40,41)42)33(49)47-21-26(56-32-27-13-12-25(54-6)18-23(27)14-17-43-32)19-28(47)31(48)45-38(20-24(38)11-9-8-10-22(2)55-29)34(50)46-58(52,53)37(5)15-16-37/h9,11-14,17-18,22,24,26,28-30H,7-8,10,15-16,19-21H2,1-6H3,(H,44,51)(H,45,48)(H,46,50)/b11-9-/t22-,24?,26-,28+,29+,30+,38-/m1/s1. The number of allylic oxidation sites excluding steroid dienone is 1. The van der Waals surface area contributed by atoms with Crippen molar-refractivity contribution in [2.75, 3.05) is 13.7 Å². The van der Waals surface area contributed by atoms with Gasteiger partial charge >= 0.3 is 12.3 Å². The van der Waals surface area contributed by atoms with Crippen LogP contribution in [0.15, 0.2) is 42.6 Å². The molecule has 1 aromatic heterocycles. The van der Waals surface area contributed by atoms with Gasteiger partial charge in [0.05, 0.1) is 30.6 Å². The summed E-state index contributed by atoms with van der Waals surface area (Å²) in [4.78, 5) is 61.9. The number of nitrogens with zero attached hydrogens (tertiary/aromatic N) is 2. The van der Waals surface area contributed by atoms with E-state index in [0.717, 1.165) is 10.3 Å². The van der Waals surface area contributed by atoms with E-state index in [0.29, 0.717) is 50.7 Å². The fraction of sp³-hybridized carbons (Fsp3) is 0.615. The lowest BCUT2D eigenvalue weighted by atomic mass is 10.0. The summed E-state index contributed by atoms with van der Waals surface area (Å²) in [5.74, 6) is -2.43. The van der Waals surface area contributed by atoms with E-state index in [1.54, 1.807) is 50.3 Å². The number of carbonyl (C=O) groups excluding carboxylic acids is 4. The van der Waals surface area contributed by atoms with Gasteiger partial charge in [-0.1, -0.05) is 19.1 Å². The molecule has 1 saturated heterocycles. The molecule has 0 bridgehead atoms. The molecule has 4 aliphatic rings. The number of amides is 4. The molecule has 0 radical (unpaired) electrons. The van der Waals surface area contributed by atoms with E-state index < -0.39 is 92.2 Å². The molecule has 2 aliphatic heterocycles. The maximum Gasteiger partial charge on any atom is 0.427 e. The monoisotopic (exact) mass is 837 g/mol. The largest absolute Gasteiger partial charge is 0.497 e. The van der Waals surface area contributed by atoms with Gasteiger partial charge in [-0.15, -0.1) is 0 Å². The van der Waals surface area contributed by atoms with Crippen molar-refractivity contribution < 1.29 is 59.7 Å². The second kappa shape index (κ2) is 15.8. The van der Waals surface area contributed by atoms with Crippen LogP contribution in [0.1, 0.15) is 79.6 Å². The number of hydrogen-bond acceptors (Lipinski definition) is 11. The third-order valence-corrected chi connectivity index (χ3v) is 13.7. The minimum Gasteiger partial charge on any atom is -0.497 e. The quantitative estimate of drug-likeness (QED) is 0.303. The molecule has 3 fully saturated rings. The lowest BCUT2D eigenvalue weighted by molar-refractivity contribution is -0.244. The van der Waals surface area contributed by atoms with E-state index in [9.17, 15) is 40.8 Å². The maximum atomic E-state index is 14.8. The summed E-state index contributed by atoms with van der Waals surface area (Å²) in [7, 11) is -2.57. The number of alkyl halides is 3. The molecule has 0 spiro atoms. The first-order valence-electron chi connectivity index (χ1n) is 19.3. The molecule has 2 aliphatic carbocycles. The lowest BCUT2D eigenvalue weighted by Crippen LogP contribution is -2.61. The fourth-order valence-electron chi connectivity index (χ4n) is 7.25. The van der Waals surface area contributed by atoms with Crippen molar-refractivity contribution in [2.24, 2.45) is 5.92 Å². The summed E-state index contributed by atoms with van der Waals surface area (Å²) >= 11 is 0. The van der Waals surface area contributed by atoms with E-state index in [2.05, 4.69) is 20.3 Å². The molecule has 7 atom stereocenters. The van der Waals surface area contributed by atoms with E-state index in [1.807, 2.05) is 0 Å². The van der Waals surface area contributed by atoms with Crippen molar-refractivity contribution in [2.45, 2.75) is 132 Å². The van der Waals surface area contributed by atoms with Gasteiger partial charge in [0.15, 0.2) is 0 Å². The van der Waals surface area contributed by atoms with E-state index >= 15 is 0 Å². The molecule has 3 N–H and O–H groups in total. The highest BCUT2D eigenvalue weighted by Gasteiger charge is 2.63. The van der Waals surface area contributed by atoms with Gasteiger partial charge in [-0.2, -0.15) is 13.2 Å². The van der Waals surface area contributed by atoms with Crippen molar-refractivity contribution >= 4 is 44.6 Å². The molecule has 3 heterocycles. The number of carbonyl (C=O) groups is 4. The second-order valence-electron chi connectivity index (χ2n) is 16.3. The van der Waals surface area contributed by atoms with Gasteiger partial charge in [0.25, 0.3) is 5.91 Å².